The Morgan fingerprint density at radius 1 is 1.11 bits per heavy atom. The molecule has 1 fully saturated rings. The van der Waals surface area contributed by atoms with Gasteiger partial charge in [-0.15, -0.1) is 0 Å². The summed E-state index contributed by atoms with van der Waals surface area (Å²) in [6.45, 7) is 11.8. The summed E-state index contributed by atoms with van der Waals surface area (Å²) in [5.41, 5.74) is 2.29. The van der Waals surface area contributed by atoms with Gasteiger partial charge in [0.1, 0.15) is 22.9 Å². The van der Waals surface area contributed by atoms with Crippen molar-refractivity contribution in [3.63, 3.8) is 0 Å². The first kappa shape index (κ1) is 24.2. The highest BCUT2D eigenvalue weighted by molar-refractivity contribution is 5.83. The van der Waals surface area contributed by atoms with Crippen molar-refractivity contribution in [1.29, 1.82) is 0 Å². The number of aryl methyl sites for hydroxylation is 1. The number of anilines is 2. The Kier molecular flexibility index (Phi) is 6.63. The van der Waals surface area contributed by atoms with Gasteiger partial charge in [0.2, 0.25) is 5.95 Å². The Balaban J connectivity index is 1.38. The second kappa shape index (κ2) is 9.87. The molecule has 36 heavy (non-hydrogen) atoms. The quantitative estimate of drug-likeness (QED) is 0.407. The lowest BCUT2D eigenvalue weighted by atomic mass is 10.1. The second-order valence-electron chi connectivity index (χ2n) is 9.61. The van der Waals surface area contributed by atoms with Crippen LogP contribution >= 0.6 is 0 Å². The highest BCUT2D eigenvalue weighted by Gasteiger charge is 2.19. The van der Waals surface area contributed by atoms with Crippen molar-refractivity contribution >= 4 is 22.8 Å². The third kappa shape index (κ3) is 4.91. The minimum absolute atomic E-state index is 0.00640. The maximum atomic E-state index is 14.9. The number of fused-ring (bicyclic) bond motifs is 1. The smallest absolute Gasteiger partial charge is 0.229 e. The number of nitrogens with one attached hydrogen (secondary N) is 2. The van der Waals surface area contributed by atoms with Gasteiger partial charge in [0.15, 0.2) is 11.6 Å². The molecule has 1 aliphatic heterocycles. The molecule has 4 heterocycles. The molecule has 0 bridgehead atoms. The van der Waals surface area contributed by atoms with E-state index in [1.165, 1.54) is 6.07 Å². The molecule has 1 saturated heterocycles. The Morgan fingerprint density at radius 3 is 2.67 bits per heavy atom. The van der Waals surface area contributed by atoms with Crippen molar-refractivity contribution in [3.05, 3.63) is 59.7 Å². The van der Waals surface area contributed by atoms with Crippen LogP contribution in [0.5, 0.6) is 0 Å². The van der Waals surface area contributed by atoms with E-state index in [-0.39, 0.29) is 23.2 Å². The third-order valence-corrected chi connectivity index (χ3v) is 6.38. The third-order valence-electron chi connectivity index (χ3n) is 6.38. The maximum absolute atomic E-state index is 14.9. The molecule has 4 aromatic rings. The summed E-state index contributed by atoms with van der Waals surface area (Å²) in [4.78, 5) is 19.6. The predicted molar refractivity (Wildman–Crippen MR) is 136 cm³/mol. The van der Waals surface area contributed by atoms with Crippen LogP contribution in [0, 0.1) is 18.6 Å². The SMILES string of the molecule is Cc1nc2c(F)cc(-c3nc(Nc4ccc(CN5CCN[C@@H](C)C5)cn4)ncc3F)cc2n1C(C)C. The summed E-state index contributed by atoms with van der Waals surface area (Å²) >= 11 is 0. The highest BCUT2D eigenvalue weighted by Crippen LogP contribution is 2.30. The van der Waals surface area contributed by atoms with Crippen LogP contribution < -0.4 is 10.6 Å². The minimum atomic E-state index is -0.639. The van der Waals surface area contributed by atoms with Crippen LogP contribution in [0.25, 0.3) is 22.3 Å². The molecule has 0 spiro atoms. The van der Waals surface area contributed by atoms with Crippen molar-refractivity contribution in [2.75, 3.05) is 25.0 Å². The number of benzene rings is 1. The zero-order valence-electron chi connectivity index (χ0n) is 20.9. The average Bonchev–Trinajstić information content (AvgIpc) is 3.18. The van der Waals surface area contributed by atoms with Gasteiger partial charge in [-0.25, -0.2) is 28.7 Å². The van der Waals surface area contributed by atoms with E-state index in [4.69, 9.17) is 0 Å². The summed E-state index contributed by atoms with van der Waals surface area (Å²) in [6, 6.07) is 7.38. The number of aromatic nitrogens is 5. The topological polar surface area (TPSA) is 83.8 Å². The van der Waals surface area contributed by atoms with Gasteiger partial charge in [-0.2, -0.15) is 0 Å². The molecule has 0 saturated carbocycles. The van der Waals surface area contributed by atoms with E-state index >= 15 is 0 Å². The fraction of sp³-hybridized carbons (Fsp3) is 0.385. The molecular formula is C26H30F2N8. The normalized spacial score (nSPS) is 16.7. The van der Waals surface area contributed by atoms with Gasteiger partial charge in [-0.3, -0.25) is 4.90 Å². The molecule has 3 aromatic heterocycles. The Bertz CT molecular complexity index is 1380. The van der Waals surface area contributed by atoms with Gasteiger partial charge in [0.25, 0.3) is 0 Å². The van der Waals surface area contributed by atoms with E-state index in [2.05, 4.69) is 42.4 Å². The van der Waals surface area contributed by atoms with Gasteiger partial charge in [0.05, 0.1) is 11.7 Å². The highest BCUT2D eigenvalue weighted by atomic mass is 19.1. The van der Waals surface area contributed by atoms with Crippen molar-refractivity contribution in [2.24, 2.45) is 0 Å². The van der Waals surface area contributed by atoms with Crippen LogP contribution in [0.4, 0.5) is 20.5 Å². The van der Waals surface area contributed by atoms with Crippen LogP contribution in [0.15, 0.2) is 36.7 Å². The van der Waals surface area contributed by atoms with Crippen LogP contribution in [0.1, 0.15) is 38.2 Å². The van der Waals surface area contributed by atoms with E-state index < -0.39 is 11.6 Å². The van der Waals surface area contributed by atoms with E-state index in [1.54, 1.807) is 6.07 Å². The first-order valence-electron chi connectivity index (χ1n) is 12.2. The molecule has 10 heteroatoms. The molecule has 0 aliphatic carbocycles. The van der Waals surface area contributed by atoms with E-state index in [9.17, 15) is 8.78 Å². The molecule has 0 amide bonds. The monoisotopic (exact) mass is 492 g/mol. The number of hydrogen-bond donors (Lipinski definition) is 2. The molecule has 0 radical (unpaired) electrons. The average molecular weight is 493 g/mol. The fourth-order valence-electron chi connectivity index (χ4n) is 4.81. The molecule has 2 N–H and O–H groups in total. The number of hydrogen-bond acceptors (Lipinski definition) is 7. The summed E-state index contributed by atoms with van der Waals surface area (Å²) in [6.07, 6.45) is 2.90. The first-order chi connectivity index (χ1) is 17.3. The van der Waals surface area contributed by atoms with E-state index in [1.807, 2.05) is 43.7 Å². The van der Waals surface area contributed by atoms with Gasteiger partial charge in [-0.05, 0) is 51.5 Å². The number of pyridine rings is 1. The molecule has 8 nitrogen and oxygen atoms in total. The number of imidazole rings is 1. The molecular weight excluding hydrogens is 462 g/mol. The second-order valence-corrected chi connectivity index (χ2v) is 9.61. The van der Waals surface area contributed by atoms with Crippen molar-refractivity contribution in [3.8, 4) is 11.3 Å². The van der Waals surface area contributed by atoms with Crippen molar-refractivity contribution in [2.45, 2.75) is 46.3 Å². The van der Waals surface area contributed by atoms with Crippen LogP contribution in [-0.4, -0.2) is 55.1 Å². The van der Waals surface area contributed by atoms with Gasteiger partial charge in [0, 0.05) is 50.0 Å². The standard InChI is InChI=1S/C26H30F2N8/c1-15(2)36-17(4)32-25-20(27)9-19(10-22(25)36)24-21(28)12-31-26(34-24)33-23-6-5-18(11-30-23)14-35-8-7-29-16(3)13-35/h5-6,9-12,15-16,29H,7-8,13-14H2,1-4H3,(H,30,31,33,34)/t16-/m0/s1. The Labute approximate surface area is 208 Å². The van der Waals surface area contributed by atoms with Crippen LogP contribution in [0.3, 0.4) is 0 Å². The lowest BCUT2D eigenvalue weighted by molar-refractivity contribution is 0.199. The van der Waals surface area contributed by atoms with Gasteiger partial charge in [-0.1, -0.05) is 6.07 Å². The van der Waals surface area contributed by atoms with Crippen LogP contribution in [-0.2, 0) is 6.54 Å². The van der Waals surface area contributed by atoms with Crippen LogP contribution in [0.2, 0.25) is 0 Å². The van der Waals surface area contributed by atoms with Crippen molar-refractivity contribution in [1.82, 2.24) is 34.7 Å². The maximum Gasteiger partial charge on any atom is 0.229 e. The zero-order chi connectivity index (χ0) is 25.4. The summed E-state index contributed by atoms with van der Waals surface area (Å²) < 4.78 is 31.6. The molecule has 1 aliphatic rings. The minimum Gasteiger partial charge on any atom is -0.326 e. The first-order valence-corrected chi connectivity index (χ1v) is 12.2. The fourth-order valence-corrected chi connectivity index (χ4v) is 4.81. The summed E-state index contributed by atoms with van der Waals surface area (Å²) in [7, 11) is 0. The van der Waals surface area contributed by atoms with Gasteiger partial charge >= 0.3 is 0 Å². The van der Waals surface area contributed by atoms with E-state index in [0.717, 1.165) is 37.9 Å². The largest absolute Gasteiger partial charge is 0.326 e. The Morgan fingerprint density at radius 2 is 1.94 bits per heavy atom. The lowest BCUT2D eigenvalue weighted by Crippen LogP contribution is -2.48. The molecule has 1 atom stereocenters. The van der Waals surface area contributed by atoms with Gasteiger partial charge < -0.3 is 15.2 Å². The molecule has 1 aromatic carbocycles. The number of piperazine rings is 1. The number of halogens is 2. The summed E-state index contributed by atoms with van der Waals surface area (Å²) in [5.74, 6) is 0.258. The zero-order valence-corrected chi connectivity index (χ0v) is 20.9. The predicted octanol–water partition coefficient (Wildman–Crippen LogP) is 4.59. The lowest BCUT2D eigenvalue weighted by Gasteiger charge is -2.31. The van der Waals surface area contributed by atoms with E-state index in [0.29, 0.717) is 28.8 Å². The molecule has 0 unspecified atom stereocenters. The number of rotatable bonds is 6. The molecule has 5 rings (SSSR count). The molecule has 188 valence electrons. The van der Waals surface area contributed by atoms with Crippen molar-refractivity contribution < 1.29 is 8.78 Å². The Hall–Kier alpha value is -3.50. The summed E-state index contributed by atoms with van der Waals surface area (Å²) in [5, 5.41) is 6.47. The number of nitrogens with zero attached hydrogens (tertiary/aromatic N) is 6.